The molecule has 0 aliphatic heterocycles. The summed E-state index contributed by atoms with van der Waals surface area (Å²) in [4.78, 5) is 4.87. The topological polar surface area (TPSA) is 22.8 Å². The van der Waals surface area contributed by atoms with E-state index in [1.54, 1.807) is 0 Å². The second-order valence-corrected chi connectivity index (χ2v) is 11.2. The highest BCUT2D eigenvalue weighted by molar-refractivity contribution is 6.21. The summed E-state index contributed by atoms with van der Waals surface area (Å²) >= 11 is 0. The zero-order valence-electron chi connectivity index (χ0n) is 23.9. The number of rotatable bonds is 4. The summed E-state index contributed by atoms with van der Waals surface area (Å²) in [5.41, 5.74) is 11.6. The summed E-state index contributed by atoms with van der Waals surface area (Å²) < 4.78 is 4.68. The van der Waals surface area contributed by atoms with E-state index in [1.165, 1.54) is 49.4 Å². The van der Waals surface area contributed by atoms with Crippen molar-refractivity contribution >= 4 is 43.7 Å². The first-order chi connectivity index (χ1) is 21.9. The van der Waals surface area contributed by atoms with Gasteiger partial charge in [-0.15, -0.1) is 0 Å². The Bertz CT molecular complexity index is 2470. The van der Waals surface area contributed by atoms with Crippen LogP contribution in [-0.4, -0.2) is 14.1 Å². The lowest BCUT2D eigenvalue weighted by molar-refractivity contribution is 1.14. The fourth-order valence-electron chi connectivity index (χ4n) is 6.91. The van der Waals surface area contributed by atoms with Gasteiger partial charge in [0, 0.05) is 39.1 Å². The minimum Gasteiger partial charge on any atom is -0.309 e. The predicted octanol–water partition coefficient (Wildman–Crippen LogP) is 10.6. The molecule has 0 saturated carbocycles. The maximum absolute atomic E-state index is 4.87. The zero-order chi connectivity index (χ0) is 29.0. The van der Waals surface area contributed by atoms with Crippen LogP contribution in [0.4, 0.5) is 0 Å². The molecule has 0 unspecified atom stereocenters. The lowest BCUT2D eigenvalue weighted by Crippen LogP contribution is -1.94. The number of hydrogen-bond donors (Lipinski definition) is 0. The number of fused-ring (bicyclic) bond motifs is 6. The average Bonchev–Trinajstić information content (AvgIpc) is 3.62. The summed E-state index contributed by atoms with van der Waals surface area (Å²) in [5, 5.41) is 4.87. The van der Waals surface area contributed by atoms with Gasteiger partial charge < -0.3 is 4.57 Å². The molecule has 0 aliphatic rings. The van der Waals surface area contributed by atoms with E-state index in [0.29, 0.717) is 0 Å². The lowest BCUT2D eigenvalue weighted by Gasteiger charge is -2.11. The van der Waals surface area contributed by atoms with E-state index in [9.17, 15) is 0 Å². The van der Waals surface area contributed by atoms with Crippen LogP contribution in [0.15, 0.2) is 164 Å². The van der Waals surface area contributed by atoms with Crippen LogP contribution in [0.1, 0.15) is 0 Å². The molecule has 3 heterocycles. The molecule has 3 heteroatoms. The molecule has 206 valence electrons. The number of nitrogens with zero attached hydrogens (tertiary/aromatic N) is 3. The molecule has 0 amide bonds. The van der Waals surface area contributed by atoms with Gasteiger partial charge >= 0.3 is 0 Å². The molecule has 0 spiro atoms. The highest BCUT2D eigenvalue weighted by Gasteiger charge is 2.20. The maximum Gasteiger partial charge on any atom is 0.145 e. The molecule has 0 atom stereocenters. The fraction of sp³-hybridized carbons (Fsp3) is 0. The van der Waals surface area contributed by atoms with E-state index in [4.69, 9.17) is 4.98 Å². The van der Waals surface area contributed by atoms with Crippen LogP contribution >= 0.6 is 0 Å². The third-order valence-corrected chi connectivity index (χ3v) is 8.79. The number of benzene rings is 6. The monoisotopic (exact) mass is 561 g/mol. The minimum absolute atomic E-state index is 0.967. The molecular weight excluding hydrogens is 534 g/mol. The van der Waals surface area contributed by atoms with Crippen molar-refractivity contribution in [2.45, 2.75) is 0 Å². The Morgan fingerprint density at radius 1 is 0.364 bits per heavy atom. The van der Waals surface area contributed by atoms with Gasteiger partial charge in [-0.1, -0.05) is 103 Å². The van der Waals surface area contributed by atoms with Gasteiger partial charge in [0.1, 0.15) is 5.65 Å². The van der Waals surface area contributed by atoms with E-state index < -0.39 is 0 Å². The van der Waals surface area contributed by atoms with Crippen molar-refractivity contribution < 1.29 is 0 Å². The SMILES string of the molecule is c1ccc(-c2ccc(-n3c4ccccc4c4c(-c5cccc6c5c5cccnc5n6-c5ccccc5)cccc43)cc2)cc1. The number of hydrogen-bond acceptors (Lipinski definition) is 1. The van der Waals surface area contributed by atoms with Gasteiger partial charge in [-0.3, -0.25) is 4.57 Å². The average molecular weight is 562 g/mol. The van der Waals surface area contributed by atoms with Crippen LogP contribution in [0.25, 0.3) is 77.4 Å². The van der Waals surface area contributed by atoms with E-state index in [0.717, 1.165) is 27.9 Å². The smallest absolute Gasteiger partial charge is 0.145 e. The summed E-state index contributed by atoms with van der Waals surface area (Å²) in [5.74, 6) is 0. The fourth-order valence-corrected chi connectivity index (χ4v) is 6.91. The Hall–Kier alpha value is -5.93. The van der Waals surface area contributed by atoms with Crippen LogP contribution in [-0.2, 0) is 0 Å². The van der Waals surface area contributed by atoms with Crippen molar-refractivity contribution in [3.8, 4) is 33.6 Å². The van der Waals surface area contributed by atoms with E-state index in [-0.39, 0.29) is 0 Å². The third kappa shape index (κ3) is 3.66. The molecule has 0 bridgehead atoms. The molecule has 9 aromatic rings. The predicted molar refractivity (Wildman–Crippen MR) is 184 cm³/mol. The van der Waals surface area contributed by atoms with Gasteiger partial charge in [-0.25, -0.2) is 4.98 Å². The van der Waals surface area contributed by atoms with Crippen LogP contribution in [0.5, 0.6) is 0 Å². The van der Waals surface area contributed by atoms with Gasteiger partial charge in [0.2, 0.25) is 0 Å². The van der Waals surface area contributed by atoms with Crippen LogP contribution in [0.2, 0.25) is 0 Å². The quantitative estimate of drug-likeness (QED) is 0.210. The van der Waals surface area contributed by atoms with Crippen molar-refractivity contribution in [1.29, 1.82) is 0 Å². The number of para-hydroxylation sites is 2. The van der Waals surface area contributed by atoms with Crippen LogP contribution in [0, 0.1) is 0 Å². The summed E-state index contributed by atoms with van der Waals surface area (Å²) in [6.07, 6.45) is 1.89. The molecule has 9 rings (SSSR count). The second-order valence-electron chi connectivity index (χ2n) is 11.2. The highest BCUT2D eigenvalue weighted by Crippen LogP contribution is 2.43. The molecule has 0 radical (unpaired) electrons. The summed E-state index contributed by atoms with van der Waals surface area (Å²) in [7, 11) is 0. The van der Waals surface area contributed by atoms with Crippen LogP contribution in [0.3, 0.4) is 0 Å². The van der Waals surface area contributed by atoms with Crippen molar-refractivity contribution in [2.24, 2.45) is 0 Å². The molecular formula is C41H27N3. The van der Waals surface area contributed by atoms with Crippen molar-refractivity contribution in [3.05, 3.63) is 164 Å². The first-order valence-electron chi connectivity index (χ1n) is 15.0. The van der Waals surface area contributed by atoms with Crippen molar-refractivity contribution in [3.63, 3.8) is 0 Å². The molecule has 0 fully saturated rings. The first-order valence-corrected chi connectivity index (χ1v) is 15.0. The Labute approximate surface area is 254 Å². The Morgan fingerprint density at radius 2 is 0.909 bits per heavy atom. The van der Waals surface area contributed by atoms with Gasteiger partial charge in [-0.2, -0.15) is 0 Å². The molecule has 0 saturated heterocycles. The maximum atomic E-state index is 4.87. The molecule has 0 N–H and O–H groups in total. The number of aromatic nitrogens is 3. The van der Waals surface area contributed by atoms with Crippen LogP contribution < -0.4 is 0 Å². The van der Waals surface area contributed by atoms with Crippen molar-refractivity contribution in [1.82, 2.24) is 14.1 Å². The van der Waals surface area contributed by atoms with Crippen molar-refractivity contribution in [2.75, 3.05) is 0 Å². The lowest BCUT2D eigenvalue weighted by atomic mass is 9.95. The van der Waals surface area contributed by atoms with E-state index in [2.05, 4.69) is 161 Å². The van der Waals surface area contributed by atoms with Gasteiger partial charge in [0.05, 0.1) is 16.6 Å². The standard InChI is InChI=1S/C41H27N3/c1-3-12-28(13-4-1)29-23-25-31(26-24-29)43-36-20-8-7-16-34(36)39-32(17-9-21-37(39)43)33-18-10-22-38-40(33)35-19-11-27-42-41(35)44(38)30-14-5-2-6-15-30/h1-27H. The molecule has 0 aliphatic carbocycles. The Morgan fingerprint density at radius 3 is 1.66 bits per heavy atom. The summed E-state index contributed by atoms with van der Waals surface area (Å²) in [6.45, 7) is 0. The second kappa shape index (κ2) is 9.82. The highest BCUT2D eigenvalue weighted by atomic mass is 15.0. The van der Waals surface area contributed by atoms with Gasteiger partial charge in [0.25, 0.3) is 0 Å². The largest absolute Gasteiger partial charge is 0.309 e. The van der Waals surface area contributed by atoms with E-state index >= 15 is 0 Å². The number of pyridine rings is 1. The molecule has 3 nitrogen and oxygen atoms in total. The summed E-state index contributed by atoms with van der Waals surface area (Å²) in [6, 6.07) is 56.4. The minimum atomic E-state index is 0.967. The van der Waals surface area contributed by atoms with Gasteiger partial charge in [0.15, 0.2) is 0 Å². The van der Waals surface area contributed by atoms with Gasteiger partial charge in [-0.05, 0) is 76.9 Å². The third-order valence-electron chi connectivity index (χ3n) is 8.79. The molecule has 6 aromatic carbocycles. The molecule has 3 aromatic heterocycles. The normalized spacial score (nSPS) is 11.6. The molecule has 44 heavy (non-hydrogen) atoms. The Balaban J connectivity index is 1.32. The Kier molecular flexibility index (Phi) is 5.50. The first kappa shape index (κ1) is 24.6. The zero-order valence-corrected chi connectivity index (χ0v) is 23.9. The van der Waals surface area contributed by atoms with E-state index in [1.807, 2.05) is 12.3 Å².